The summed E-state index contributed by atoms with van der Waals surface area (Å²) in [6, 6.07) is 9.86. The smallest absolute Gasteiger partial charge is 0.258 e. The Bertz CT molecular complexity index is 780. The lowest BCUT2D eigenvalue weighted by atomic mass is 10.1. The number of H-pyrrole nitrogens is 1. The second kappa shape index (κ2) is 6.20. The van der Waals surface area contributed by atoms with Gasteiger partial charge in [-0.3, -0.25) is 4.79 Å². The molecule has 0 bridgehead atoms. The Kier molecular flexibility index (Phi) is 4.13. The first-order valence-corrected chi connectivity index (χ1v) is 7.89. The summed E-state index contributed by atoms with van der Waals surface area (Å²) in [5.74, 6) is 0.677. The van der Waals surface area contributed by atoms with Gasteiger partial charge in [-0.25, -0.2) is 4.98 Å². The number of benzene rings is 1. The zero-order valence-corrected chi connectivity index (χ0v) is 12.6. The van der Waals surface area contributed by atoms with Crippen molar-refractivity contribution in [3.05, 3.63) is 62.8 Å². The number of aromatic nitrogens is 2. The molecular weight excluding hydrogens is 282 g/mol. The van der Waals surface area contributed by atoms with Gasteiger partial charge in [-0.15, -0.1) is 0 Å². The Labute approximate surface area is 126 Å². The van der Waals surface area contributed by atoms with Crippen LogP contribution in [0.2, 0.25) is 0 Å². The number of nitrogens with one attached hydrogen (secondary N) is 2. The van der Waals surface area contributed by atoms with E-state index in [2.05, 4.69) is 39.0 Å². The molecule has 108 valence electrons. The van der Waals surface area contributed by atoms with Crippen LogP contribution in [0.3, 0.4) is 0 Å². The van der Waals surface area contributed by atoms with Crippen molar-refractivity contribution >= 4 is 22.2 Å². The number of hydrogen-bond acceptors (Lipinski definition) is 4. The second-order valence-corrected chi connectivity index (χ2v) is 5.93. The fraction of sp³-hybridized carbons (Fsp3) is 0.250. The average Bonchev–Trinajstić information content (AvgIpc) is 2.98. The van der Waals surface area contributed by atoms with Crippen LogP contribution in [-0.4, -0.2) is 16.0 Å². The van der Waals surface area contributed by atoms with Gasteiger partial charge in [-0.1, -0.05) is 12.1 Å². The Hall–Kier alpha value is -1.98. The van der Waals surface area contributed by atoms with E-state index in [4.69, 9.17) is 0 Å². The van der Waals surface area contributed by atoms with Crippen LogP contribution < -0.4 is 10.9 Å². The maximum absolute atomic E-state index is 12.0. The van der Waals surface area contributed by atoms with Gasteiger partial charge in [-0.2, -0.15) is 11.3 Å². The van der Waals surface area contributed by atoms with Crippen molar-refractivity contribution in [2.24, 2.45) is 0 Å². The number of thiophene rings is 1. The molecule has 3 rings (SSSR count). The molecule has 1 unspecified atom stereocenters. The van der Waals surface area contributed by atoms with Crippen LogP contribution in [0.25, 0.3) is 10.9 Å². The SMILES string of the molecule is CC(Cc1ccsc1)NCc1nc2ccccc2c(=O)[nH]1. The minimum atomic E-state index is -0.0807. The van der Waals surface area contributed by atoms with Crippen LogP contribution in [0.4, 0.5) is 0 Å². The van der Waals surface area contributed by atoms with Crippen LogP contribution in [0.1, 0.15) is 18.3 Å². The highest BCUT2D eigenvalue weighted by Gasteiger charge is 2.06. The molecule has 0 radical (unpaired) electrons. The lowest BCUT2D eigenvalue weighted by molar-refractivity contribution is 0.534. The van der Waals surface area contributed by atoms with E-state index < -0.39 is 0 Å². The predicted octanol–water partition coefficient (Wildman–Crippen LogP) is 2.71. The van der Waals surface area contributed by atoms with Gasteiger partial charge in [0, 0.05) is 6.04 Å². The topological polar surface area (TPSA) is 57.8 Å². The van der Waals surface area contributed by atoms with Gasteiger partial charge in [-0.05, 0) is 47.9 Å². The maximum Gasteiger partial charge on any atom is 0.258 e. The van der Waals surface area contributed by atoms with Crippen LogP contribution in [0, 0.1) is 0 Å². The molecule has 0 saturated heterocycles. The molecule has 0 fully saturated rings. The van der Waals surface area contributed by atoms with Crippen LogP contribution >= 0.6 is 11.3 Å². The third-order valence-corrected chi connectivity index (χ3v) is 4.13. The van der Waals surface area contributed by atoms with Crippen LogP contribution in [0.15, 0.2) is 45.9 Å². The molecule has 0 aliphatic rings. The summed E-state index contributed by atoms with van der Waals surface area (Å²) in [6.07, 6.45) is 0.974. The molecule has 21 heavy (non-hydrogen) atoms. The Morgan fingerprint density at radius 1 is 1.33 bits per heavy atom. The zero-order valence-electron chi connectivity index (χ0n) is 11.8. The summed E-state index contributed by atoms with van der Waals surface area (Å²) in [6.45, 7) is 2.70. The molecule has 4 nitrogen and oxygen atoms in total. The van der Waals surface area contributed by atoms with Gasteiger partial charge < -0.3 is 10.3 Å². The summed E-state index contributed by atoms with van der Waals surface area (Å²) < 4.78 is 0. The third kappa shape index (κ3) is 3.37. The van der Waals surface area contributed by atoms with Gasteiger partial charge in [0.15, 0.2) is 0 Å². The van der Waals surface area contributed by atoms with Gasteiger partial charge in [0.2, 0.25) is 0 Å². The van der Waals surface area contributed by atoms with Crippen molar-refractivity contribution in [2.45, 2.75) is 25.9 Å². The molecule has 1 aromatic carbocycles. The van der Waals surface area contributed by atoms with E-state index in [1.165, 1.54) is 5.56 Å². The summed E-state index contributed by atoms with van der Waals surface area (Å²) in [5.41, 5.74) is 1.99. The molecule has 0 aliphatic heterocycles. The van der Waals surface area contributed by atoms with Crippen molar-refractivity contribution in [2.75, 3.05) is 0 Å². The Balaban J connectivity index is 1.69. The van der Waals surface area contributed by atoms with E-state index in [0.29, 0.717) is 23.8 Å². The van der Waals surface area contributed by atoms with E-state index in [1.54, 1.807) is 17.4 Å². The summed E-state index contributed by atoms with van der Waals surface area (Å²) in [4.78, 5) is 19.3. The lowest BCUT2D eigenvalue weighted by Crippen LogP contribution is -2.29. The van der Waals surface area contributed by atoms with Crippen molar-refractivity contribution in [3.63, 3.8) is 0 Å². The Morgan fingerprint density at radius 2 is 2.19 bits per heavy atom. The standard InChI is InChI=1S/C16H17N3OS/c1-11(8-12-6-7-21-10-12)17-9-15-18-14-5-3-2-4-13(14)16(20)19-15/h2-7,10-11,17H,8-9H2,1H3,(H,18,19,20). The van der Waals surface area contributed by atoms with Crippen molar-refractivity contribution in [1.82, 2.24) is 15.3 Å². The highest BCUT2D eigenvalue weighted by molar-refractivity contribution is 7.07. The van der Waals surface area contributed by atoms with Crippen molar-refractivity contribution in [3.8, 4) is 0 Å². The average molecular weight is 299 g/mol. The number of rotatable bonds is 5. The number of hydrogen-bond donors (Lipinski definition) is 2. The quantitative estimate of drug-likeness (QED) is 0.761. The predicted molar refractivity (Wildman–Crippen MR) is 86.7 cm³/mol. The van der Waals surface area contributed by atoms with Gasteiger partial charge >= 0.3 is 0 Å². The highest BCUT2D eigenvalue weighted by Crippen LogP contribution is 2.09. The molecule has 2 N–H and O–H groups in total. The molecule has 0 amide bonds. The van der Waals surface area contributed by atoms with Crippen LogP contribution in [-0.2, 0) is 13.0 Å². The molecule has 1 atom stereocenters. The molecule has 2 aromatic heterocycles. The minimum absolute atomic E-state index is 0.0807. The monoisotopic (exact) mass is 299 g/mol. The number of para-hydroxylation sites is 1. The summed E-state index contributed by atoms with van der Waals surface area (Å²) >= 11 is 1.71. The normalized spacial score (nSPS) is 12.6. The van der Waals surface area contributed by atoms with Crippen molar-refractivity contribution in [1.29, 1.82) is 0 Å². The minimum Gasteiger partial charge on any atom is -0.309 e. The first-order chi connectivity index (χ1) is 10.2. The first kappa shape index (κ1) is 14.0. The number of fused-ring (bicyclic) bond motifs is 1. The van der Waals surface area contributed by atoms with Crippen molar-refractivity contribution < 1.29 is 0 Å². The van der Waals surface area contributed by atoms with Crippen LogP contribution in [0.5, 0.6) is 0 Å². The third-order valence-electron chi connectivity index (χ3n) is 3.40. The fourth-order valence-corrected chi connectivity index (χ4v) is 3.01. The maximum atomic E-state index is 12.0. The zero-order chi connectivity index (χ0) is 14.7. The number of aromatic amines is 1. The molecule has 0 spiro atoms. The fourth-order valence-electron chi connectivity index (χ4n) is 2.32. The van der Waals surface area contributed by atoms with E-state index in [9.17, 15) is 4.79 Å². The molecule has 0 aliphatic carbocycles. The molecule has 0 saturated carbocycles. The largest absolute Gasteiger partial charge is 0.309 e. The van der Waals surface area contributed by atoms with E-state index in [1.807, 2.05) is 18.2 Å². The van der Waals surface area contributed by atoms with Gasteiger partial charge in [0.1, 0.15) is 5.82 Å². The Morgan fingerprint density at radius 3 is 3.00 bits per heavy atom. The molecule has 2 heterocycles. The van der Waals surface area contributed by atoms with E-state index in [-0.39, 0.29) is 5.56 Å². The first-order valence-electron chi connectivity index (χ1n) is 6.95. The molecule has 3 aromatic rings. The van der Waals surface area contributed by atoms with E-state index in [0.717, 1.165) is 11.9 Å². The summed E-state index contributed by atoms with van der Waals surface area (Å²) in [7, 11) is 0. The molecular formula is C16H17N3OS. The lowest BCUT2D eigenvalue weighted by Gasteiger charge is -2.12. The van der Waals surface area contributed by atoms with Gasteiger partial charge in [0.25, 0.3) is 5.56 Å². The van der Waals surface area contributed by atoms with E-state index >= 15 is 0 Å². The summed E-state index contributed by atoms with van der Waals surface area (Å²) in [5, 5.41) is 8.28. The number of nitrogens with zero attached hydrogens (tertiary/aromatic N) is 1. The second-order valence-electron chi connectivity index (χ2n) is 5.15. The van der Waals surface area contributed by atoms with Gasteiger partial charge in [0.05, 0.1) is 17.4 Å². The highest BCUT2D eigenvalue weighted by atomic mass is 32.1. The molecule has 5 heteroatoms.